The summed E-state index contributed by atoms with van der Waals surface area (Å²) in [5.74, 6) is -1.37. The fraction of sp³-hybridized carbons (Fsp3) is 0.238. The average Bonchev–Trinajstić information content (AvgIpc) is 3.34. The number of amides is 1. The molecule has 0 spiro atoms. The number of aliphatic hydroxyl groups excluding tert-OH is 1. The zero-order chi connectivity index (χ0) is 20.7. The number of hydrogen-bond donors (Lipinski definition) is 1. The zero-order valence-electron chi connectivity index (χ0n) is 16.2. The van der Waals surface area contributed by atoms with Crippen LogP contribution in [0.15, 0.2) is 47.3 Å². The molecule has 3 aromatic heterocycles. The summed E-state index contributed by atoms with van der Waals surface area (Å²) in [6, 6.07) is 4.97. The summed E-state index contributed by atoms with van der Waals surface area (Å²) in [5.41, 5.74) is 2.53. The lowest BCUT2D eigenvalue weighted by Crippen LogP contribution is -2.30. The van der Waals surface area contributed by atoms with Gasteiger partial charge in [0.25, 0.3) is 5.91 Å². The molecule has 1 unspecified atom stereocenters. The number of hydrogen-bond acceptors (Lipinski definition) is 7. The van der Waals surface area contributed by atoms with Crippen molar-refractivity contribution >= 4 is 34.4 Å². The highest BCUT2D eigenvalue weighted by molar-refractivity contribution is 7.14. The molecule has 0 saturated heterocycles. The molecule has 0 aromatic carbocycles. The first-order valence-corrected chi connectivity index (χ1v) is 10.7. The van der Waals surface area contributed by atoms with Gasteiger partial charge in [-0.05, 0) is 49.4 Å². The third-order valence-electron chi connectivity index (χ3n) is 4.88. The first-order valence-electron chi connectivity index (χ1n) is 9.04. The predicted octanol–water partition coefficient (Wildman–Crippen LogP) is 4.30. The van der Waals surface area contributed by atoms with E-state index in [1.165, 1.54) is 22.7 Å². The molecule has 6 nitrogen and oxygen atoms in total. The molecule has 29 heavy (non-hydrogen) atoms. The second kappa shape index (κ2) is 7.53. The maximum absolute atomic E-state index is 13.4. The van der Waals surface area contributed by atoms with Crippen molar-refractivity contribution in [2.45, 2.75) is 33.4 Å². The Morgan fingerprint density at radius 2 is 2.07 bits per heavy atom. The van der Waals surface area contributed by atoms with Crippen molar-refractivity contribution in [1.82, 2.24) is 14.9 Å². The molecule has 0 bridgehead atoms. The fourth-order valence-electron chi connectivity index (χ4n) is 3.54. The van der Waals surface area contributed by atoms with Gasteiger partial charge in [-0.3, -0.25) is 14.6 Å². The monoisotopic (exact) mass is 425 g/mol. The topological polar surface area (TPSA) is 83.4 Å². The zero-order valence-corrected chi connectivity index (χ0v) is 17.8. The number of carbonyl (C=O) groups is 2. The number of nitrogens with zero attached hydrogens (tertiary/aromatic N) is 3. The normalized spacial score (nSPS) is 16.7. The van der Waals surface area contributed by atoms with E-state index in [9.17, 15) is 14.7 Å². The smallest absolute Gasteiger partial charge is 0.290 e. The van der Waals surface area contributed by atoms with Gasteiger partial charge in [0.1, 0.15) is 6.04 Å². The molecule has 148 valence electrons. The lowest BCUT2D eigenvalue weighted by molar-refractivity contribution is -0.130. The van der Waals surface area contributed by atoms with E-state index < -0.39 is 17.7 Å². The second-order valence-corrected chi connectivity index (χ2v) is 9.05. The van der Waals surface area contributed by atoms with Crippen LogP contribution in [-0.2, 0) is 11.3 Å². The maximum Gasteiger partial charge on any atom is 0.290 e. The molecule has 1 amide bonds. The van der Waals surface area contributed by atoms with E-state index >= 15 is 0 Å². The van der Waals surface area contributed by atoms with Crippen LogP contribution in [0, 0.1) is 20.8 Å². The van der Waals surface area contributed by atoms with E-state index in [1.807, 2.05) is 31.4 Å². The number of thiazole rings is 1. The summed E-state index contributed by atoms with van der Waals surface area (Å²) in [4.78, 5) is 37.7. The molecule has 1 aliphatic heterocycles. The van der Waals surface area contributed by atoms with Crippen LogP contribution in [0.4, 0.5) is 0 Å². The molecular formula is C21H19N3O3S2. The highest BCUT2D eigenvalue weighted by Crippen LogP contribution is 2.43. The highest BCUT2D eigenvalue weighted by atomic mass is 32.1. The Labute approximate surface area is 176 Å². The molecule has 1 atom stereocenters. The lowest BCUT2D eigenvalue weighted by Gasteiger charge is -2.26. The minimum Gasteiger partial charge on any atom is -0.503 e. The van der Waals surface area contributed by atoms with Crippen LogP contribution in [0.1, 0.15) is 42.4 Å². The average molecular weight is 426 g/mol. The van der Waals surface area contributed by atoms with Crippen molar-refractivity contribution in [1.29, 1.82) is 0 Å². The van der Waals surface area contributed by atoms with Crippen LogP contribution in [0.2, 0.25) is 0 Å². The quantitative estimate of drug-likeness (QED) is 0.616. The number of aliphatic hydroxyl groups is 1. The standard InChI is InChI=1S/C21H19N3O3S2/c1-11-6-8-28-19(11)16-15(17(25)20-12(2)23-13(3)29-20)18(26)21(27)24(16)10-14-5-4-7-22-9-14/h4-9,16,26H,10H2,1-3H3. The van der Waals surface area contributed by atoms with Crippen molar-refractivity contribution in [2.24, 2.45) is 0 Å². The largest absolute Gasteiger partial charge is 0.503 e. The van der Waals surface area contributed by atoms with Gasteiger partial charge in [-0.15, -0.1) is 22.7 Å². The van der Waals surface area contributed by atoms with E-state index in [1.54, 1.807) is 30.3 Å². The molecular weight excluding hydrogens is 406 g/mol. The van der Waals surface area contributed by atoms with Gasteiger partial charge in [0, 0.05) is 23.8 Å². The molecule has 4 heterocycles. The SMILES string of the molecule is Cc1nc(C)c(C(=O)C2=C(O)C(=O)N(Cc3cccnc3)C2c2sccc2C)s1. The minimum atomic E-state index is -0.642. The van der Waals surface area contributed by atoms with Gasteiger partial charge in [0.05, 0.1) is 21.2 Å². The first-order chi connectivity index (χ1) is 13.9. The number of aryl methyl sites for hydroxylation is 3. The lowest BCUT2D eigenvalue weighted by atomic mass is 9.98. The number of pyridine rings is 1. The third kappa shape index (κ3) is 3.38. The first kappa shape index (κ1) is 19.5. The summed E-state index contributed by atoms with van der Waals surface area (Å²) in [6.07, 6.45) is 3.34. The van der Waals surface area contributed by atoms with E-state index in [4.69, 9.17) is 0 Å². The number of ketones is 1. The van der Waals surface area contributed by atoms with Crippen LogP contribution >= 0.6 is 22.7 Å². The van der Waals surface area contributed by atoms with Gasteiger partial charge in [-0.1, -0.05) is 6.07 Å². The number of carbonyl (C=O) groups excluding carboxylic acids is 2. The van der Waals surface area contributed by atoms with E-state index in [0.29, 0.717) is 10.6 Å². The Bertz CT molecular complexity index is 1130. The summed E-state index contributed by atoms with van der Waals surface area (Å²) < 4.78 is 0. The predicted molar refractivity (Wildman–Crippen MR) is 112 cm³/mol. The number of Topliss-reactive ketones (excluding diaryl/α,β-unsaturated/α-hetero) is 1. The molecule has 1 N–H and O–H groups in total. The number of thiophene rings is 1. The van der Waals surface area contributed by atoms with Gasteiger partial charge < -0.3 is 10.0 Å². The van der Waals surface area contributed by atoms with Gasteiger partial charge in [-0.2, -0.15) is 0 Å². The fourth-order valence-corrected chi connectivity index (χ4v) is 5.46. The molecule has 3 aromatic rings. The Morgan fingerprint density at radius 1 is 1.28 bits per heavy atom. The number of aromatic nitrogens is 2. The van der Waals surface area contributed by atoms with Crippen molar-refractivity contribution < 1.29 is 14.7 Å². The van der Waals surface area contributed by atoms with Crippen molar-refractivity contribution in [2.75, 3.05) is 0 Å². The van der Waals surface area contributed by atoms with Crippen LogP contribution in [0.3, 0.4) is 0 Å². The van der Waals surface area contributed by atoms with Gasteiger partial charge in [0.15, 0.2) is 5.76 Å². The van der Waals surface area contributed by atoms with Crippen molar-refractivity contribution in [3.63, 3.8) is 0 Å². The molecule has 4 rings (SSSR count). The Balaban J connectivity index is 1.82. The van der Waals surface area contributed by atoms with Crippen molar-refractivity contribution in [3.8, 4) is 0 Å². The van der Waals surface area contributed by atoms with Gasteiger partial charge >= 0.3 is 0 Å². The van der Waals surface area contributed by atoms with Crippen molar-refractivity contribution in [3.05, 3.63) is 78.9 Å². The van der Waals surface area contributed by atoms with Crippen LogP contribution in [0.25, 0.3) is 0 Å². The van der Waals surface area contributed by atoms with E-state index in [-0.39, 0.29) is 17.9 Å². The van der Waals surface area contributed by atoms with E-state index in [0.717, 1.165) is 21.0 Å². The molecule has 0 fully saturated rings. The summed E-state index contributed by atoms with van der Waals surface area (Å²) in [7, 11) is 0. The molecule has 0 saturated carbocycles. The molecule has 0 aliphatic carbocycles. The minimum absolute atomic E-state index is 0.121. The third-order valence-corrected chi connectivity index (χ3v) is 7.03. The molecule has 0 radical (unpaired) electrons. The van der Waals surface area contributed by atoms with Gasteiger partial charge in [0.2, 0.25) is 5.78 Å². The van der Waals surface area contributed by atoms with E-state index in [2.05, 4.69) is 9.97 Å². The second-order valence-electron chi connectivity index (χ2n) is 6.90. The van der Waals surface area contributed by atoms with Crippen LogP contribution in [0.5, 0.6) is 0 Å². The summed E-state index contributed by atoms with van der Waals surface area (Å²) >= 11 is 2.75. The Hall–Kier alpha value is -2.84. The summed E-state index contributed by atoms with van der Waals surface area (Å²) in [5, 5.41) is 13.4. The Kier molecular flexibility index (Phi) is 5.06. The van der Waals surface area contributed by atoms with Crippen LogP contribution in [-0.4, -0.2) is 31.7 Å². The number of rotatable bonds is 5. The highest BCUT2D eigenvalue weighted by Gasteiger charge is 2.45. The van der Waals surface area contributed by atoms with Crippen LogP contribution < -0.4 is 0 Å². The Morgan fingerprint density at radius 3 is 2.66 bits per heavy atom. The molecule has 8 heteroatoms. The summed E-state index contributed by atoms with van der Waals surface area (Å²) in [6.45, 7) is 5.79. The van der Waals surface area contributed by atoms with Gasteiger partial charge in [-0.25, -0.2) is 4.98 Å². The molecule has 1 aliphatic rings. The maximum atomic E-state index is 13.4.